The van der Waals surface area contributed by atoms with Gasteiger partial charge in [0.05, 0.1) is 12.3 Å². The first-order valence-corrected chi connectivity index (χ1v) is 5.15. The number of ether oxygens (including phenoxy) is 1. The number of hydrogen-bond donors (Lipinski definition) is 1. The molecule has 0 saturated carbocycles. The molecular formula is C10H15N3O4. The first-order valence-electron chi connectivity index (χ1n) is 5.15. The maximum atomic E-state index is 11.5. The van der Waals surface area contributed by atoms with E-state index in [0.717, 1.165) is 0 Å². The van der Waals surface area contributed by atoms with Crippen LogP contribution in [0.5, 0.6) is 0 Å². The van der Waals surface area contributed by atoms with Crippen LogP contribution in [0.3, 0.4) is 0 Å². The molecule has 0 aromatic carbocycles. The van der Waals surface area contributed by atoms with Gasteiger partial charge in [0.1, 0.15) is 0 Å². The summed E-state index contributed by atoms with van der Waals surface area (Å²) in [6.45, 7) is 6.45. The molecule has 0 unspecified atom stereocenters. The van der Waals surface area contributed by atoms with Crippen LogP contribution in [0, 0.1) is 6.92 Å². The molecule has 1 rings (SSSR count). The Bertz CT molecular complexity index is 450. The van der Waals surface area contributed by atoms with Gasteiger partial charge >= 0.3 is 11.9 Å². The predicted octanol–water partition coefficient (Wildman–Crippen LogP) is 0.583. The zero-order valence-electron chi connectivity index (χ0n) is 10.2. The zero-order valence-corrected chi connectivity index (χ0v) is 10.2. The highest BCUT2D eigenvalue weighted by Crippen LogP contribution is 2.18. The van der Waals surface area contributed by atoms with Gasteiger partial charge in [-0.3, -0.25) is 0 Å². The van der Waals surface area contributed by atoms with Crippen molar-refractivity contribution in [3.05, 3.63) is 11.4 Å². The van der Waals surface area contributed by atoms with Crippen molar-refractivity contribution >= 4 is 11.9 Å². The van der Waals surface area contributed by atoms with E-state index in [-0.39, 0.29) is 12.3 Å². The first kappa shape index (κ1) is 13.1. The molecule has 7 heteroatoms. The van der Waals surface area contributed by atoms with Crippen molar-refractivity contribution in [2.24, 2.45) is 0 Å². The number of nitrogens with zero attached hydrogens (tertiary/aromatic N) is 3. The first-order chi connectivity index (χ1) is 7.82. The van der Waals surface area contributed by atoms with Gasteiger partial charge in [-0.1, -0.05) is 5.21 Å². The van der Waals surface area contributed by atoms with Crippen molar-refractivity contribution in [3.8, 4) is 0 Å². The van der Waals surface area contributed by atoms with Crippen LogP contribution >= 0.6 is 0 Å². The third kappa shape index (κ3) is 2.27. The maximum absolute atomic E-state index is 11.5. The lowest BCUT2D eigenvalue weighted by Gasteiger charge is -2.20. The standard InChI is InChI=1S/C10H15N3O4/c1-5-17-8(14)7-6(2)13(12-11-7)10(3,4)9(15)16/h5H2,1-4H3,(H,15,16). The van der Waals surface area contributed by atoms with Gasteiger partial charge in [0.15, 0.2) is 11.2 Å². The van der Waals surface area contributed by atoms with Gasteiger partial charge in [0, 0.05) is 0 Å². The third-order valence-corrected chi connectivity index (χ3v) is 2.42. The maximum Gasteiger partial charge on any atom is 0.360 e. The van der Waals surface area contributed by atoms with Crippen LogP contribution in [0.2, 0.25) is 0 Å². The summed E-state index contributed by atoms with van der Waals surface area (Å²) in [5.74, 6) is -1.65. The summed E-state index contributed by atoms with van der Waals surface area (Å²) in [5, 5.41) is 16.4. The lowest BCUT2D eigenvalue weighted by Crippen LogP contribution is -2.37. The van der Waals surface area contributed by atoms with E-state index in [1.165, 1.54) is 18.5 Å². The monoisotopic (exact) mass is 241 g/mol. The molecule has 1 aromatic heterocycles. The highest BCUT2D eigenvalue weighted by Gasteiger charge is 2.34. The molecule has 0 aliphatic rings. The normalized spacial score (nSPS) is 11.3. The van der Waals surface area contributed by atoms with Crippen LogP contribution < -0.4 is 0 Å². The molecule has 1 N–H and O–H groups in total. The van der Waals surface area contributed by atoms with E-state index >= 15 is 0 Å². The summed E-state index contributed by atoms with van der Waals surface area (Å²) in [6, 6.07) is 0. The number of carboxylic acid groups (broad SMARTS) is 1. The number of aromatic nitrogens is 3. The Labute approximate surface area is 98.4 Å². The molecule has 0 bridgehead atoms. The van der Waals surface area contributed by atoms with Crippen LogP contribution in [0.1, 0.15) is 37.0 Å². The van der Waals surface area contributed by atoms with Gasteiger partial charge in [-0.05, 0) is 27.7 Å². The van der Waals surface area contributed by atoms with Gasteiger partial charge < -0.3 is 9.84 Å². The number of hydrogen-bond acceptors (Lipinski definition) is 5. The second-order valence-corrected chi connectivity index (χ2v) is 4.02. The van der Waals surface area contributed by atoms with Gasteiger partial charge in [-0.25, -0.2) is 14.3 Å². The molecule has 0 spiro atoms. The van der Waals surface area contributed by atoms with Crippen molar-refractivity contribution in [2.75, 3.05) is 6.61 Å². The third-order valence-electron chi connectivity index (χ3n) is 2.42. The number of carboxylic acids is 1. The second kappa shape index (κ2) is 4.52. The minimum absolute atomic E-state index is 0.0428. The molecule has 0 fully saturated rings. The van der Waals surface area contributed by atoms with Crippen molar-refractivity contribution in [1.29, 1.82) is 0 Å². The molecule has 0 saturated heterocycles. The predicted molar refractivity (Wildman–Crippen MR) is 57.7 cm³/mol. The Kier molecular flexibility index (Phi) is 3.50. The lowest BCUT2D eigenvalue weighted by atomic mass is 10.1. The fourth-order valence-corrected chi connectivity index (χ4v) is 1.34. The average molecular weight is 241 g/mol. The minimum Gasteiger partial charge on any atom is -0.479 e. The lowest BCUT2D eigenvalue weighted by molar-refractivity contribution is -0.146. The topological polar surface area (TPSA) is 94.3 Å². The van der Waals surface area contributed by atoms with E-state index in [4.69, 9.17) is 9.84 Å². The van der Waals surface area contributed by atoms with Crippen LogP contribution in [-0.4, -0.2) is 38.6 Å². The minimum atomic E-state index is -1.26. The van der Waals surface area contributed by atoms with Crippen molar-refractivity contribution in [3.63, 3.8) is 0 Å². The summed E-state index contributed by atoms with van der Waals surface area (Å²) in [7, 11) is 0. The quantitative estimate of drug-likeness (QED) is 0.775. The highest BCUT2D eigenvalue weighted by atomic mass is 16.5. The fraction of sp³-hybridized carbons (Fsp3) is 0.600. The van der Waals surface area contributed by atoms with Gasteiger partial charge in [-0.15, -0.1) is 5.10 Å². The molecule has 0 amide bonds. The second-order valence-electron chi connectivity index (χ2n) is 4.02. The summed E-state index contributed by atoms with van der Waals surface area (Å²) < 4.78 is 5.99. The smallest absolute Gasteiger partial charge is 0.360 e. The number of carbonyl (C=O) groups is 2. The molecule has 1 heterocycles. The van der Waals surface area contributed by atoms with E-state index in [0.29, 0.717) is 5.69 Å². The molecule has 94 valence electrons. The Morgan fingerprint density at radius 3 is 2.53 bits per heavy atom. The largest absolute Gasteiger partial charge is 0.479 e. The molecular weight excluding hydrogens is 226 g/mol. The van der Waals surface area contributed by atoms with Crippen molar-refractivity contribution in [2.45, 2.75) is 33.2 Å². The Morgan fingerprint density at radius 1 is 1.47 bits per heavy atom. The van der Waals surface area contributed by atoms with E-state index in [1.54, 1.807) is 13.8 Å². The fourth-order valence-electron chi connectivity index (χ4n) is 1.34. The molecule has 0 aliphatic heterocycles. The van der Waals surface area contributed by atoms with E-state index in [2.05, 4.69) is 10.3 Å². The molecule has 0 aliphatic carbocycles. The van der Waals surface area contributed by atoms with Crippen LogP contribution in [0.15, 0.2) is 0 Å². The molecule has 0 atom stereocenters. The molecule has 17 heavy (non-hydrogen) atoms. The number of rotatable bonds is 4. The van der Waals surface area contributed by atoms with E-state index < -0.39 is 17.5 Å². The average Bonchev–Trinajstić information content (AvgIpc) is 2.60. The highest BCUT2D eigenvalue weighted by molar-refractivity contribution is 5.88. The zero-order chi connectivity index (χ0) is 13.2. The molecule has 1 aromatic rings. The van der Waals surface area contributed by atoms with E-state index in [1.807, 2.05) is 0 Å². The Hall–Kier alpha value is -1.92. The SMILES string of the molecule is CCOC(=O)c1nnn(C(C)(C)C(=O)O)c1C. The van der Waals surface area contributed by atoms with Gasteiger partial charge in [0.2, 0.25) is 0 Å². The summed E-state index contributed by atoms with van der Waals surface area (Å²) >= 11 is 0. The number of carbonyl (C=O) groups excluding carboxylic acids is 1. The molecule has 0 radical (unpaired) electrons. The summed E-state index contributed by atoms with van der Waals surface area (Å²) in [4.78, 5) is 22.6. The summed E-state index contributed by atoms with van der Waals surface area (Å²) in [6.07, 6.45) is 0. The number of esters is 1. The Morgan fingerprint density at radius 2 is 2.06 bits per heavy atom. The van der Waals surface area contributed by atoms with Crippen LogP contribution in [0.4, 0.5) is 0 Å². The molecule has 7 nitrogen and oxygen atoms in total. The van der Waals surface area contributed by atoms with E-state index in [9.17, 15) is 9.59 Å². The Balaban J connectivity index is 3.15. The van der Waals surface area contributed by atoms with Gasteiger partial charge in [-0.2, -0.15) is 0 Å². The van der Waals surface area contributed by atoms with Crippen LogP contribution in [-0.2, 0) is 15.1 Å². The van der Waals surface area contributed by atoms with Crippen molar-refractivity contribution in [1.82, 2.24) is 15.0 Å². The van der Waals surface area contributed by atoms with Gasteiger partial charge in [0.25, 0.3) is 0 Å². The van der Waals surface area contributed by atoms with Crippen LogP contribution in [0.25, 0.3) is 0 Å². The number of aliphatic carboxylic acids is 1. The van der Waals surface area contributed by atoms with Crippen molar-refractivity contribution < 1.29 is 19.4 Å². The summed E-state index contributed by atoms with van der Waals surface area (Å²) in [5.41, 5.74) is -0.848.